The van der Waals surface area contributed by atoms with E-state index >= 15 is 0 Å². The van der Waals surface area contributed by atoms with E-state index in [1.807, 2.05) is 80.6 Å². The van der Waals surface area contributed by atoms with Gasteiger partial charge in [-0.3, -0.25) is 19.4 Å². The number of anilines is 2. The number of benzene rings is 3. The Labute approximate surface area is 221 Å². The Hall–Kier alpha value is -4.49. The maximum Gasteiger partial charge on any atom is 0.270 e. The van der Waals surface area contributed by atoms with Gasteiger partial charge in [0, 0.05) is 17.1 Å². The Morgan fingerprint density at radius 2 is 1.24 bits per heavy atom. The van der Waals surface area contributed by atoms with Crippen molar-refractivity contribution in [3.63, 3.8) is 0 Å². The lowest BCUT2D eigenvalue weighted by atomic mass is 10.1. The van der Waals surface area contributed by atoms with Crippen molar-refractivity contribution < 1.29 is 14.3 Å². The monoisotopic (exact) mass is 507 g/mol. The van der Waals surface area contributed by atoms with Gasteiger partial charge in [0.2, 0.25) is 0 Å². The molecule has 4 aromatic rings. The van der Waals surface area contributed by atoms with E-state index in [1.165, 1.54) is 9.80 Å². The van der Waals surface area contributed by atoms with Gasteiger partial charge in [0.25, 0.3) is 11.8 Å². The number of methoxy groups -OCH3 is 1. The lowest BCUT2D eigenvalue weighted by Gasteiger charge is -2.36. The van der Waals surface area contributed by atoms with Gasteiger partial charge in [-0.05, 0) is 92.3 Å². The summed E-state index contributed by atoms with van der Waals surface area (Å²) in [7, 11) is 1.63. The number of ether oxygens (including phenoxy) is 1. The largest absolute Gasteiger partial charge is 0.497 e. The van der Waals surface area contributed by atoms with E-state index in [1.54, 1.807) is 37.5 Å². The minimum atomic E-state index is -0.456. The molecule has 0 bridgehead atoms. The average molecular weight is 508 g/mol. The zero-order valence-electron chi connectivity index (χ0n) is 20.7. The Morgan fingerprint density at radius 1 is 0.730 bits per heavy atom. The fourth-order valence-corrected chi connectivity index (χ4v) is 4.93. The van der Waals surface area contributed by atoms with Gasteiger partial charge in [0.15, 0.2) is 5.11 Å². The van der Waals surface area contributed by atoms with Crippen molar-refractivity contribution >= 4 is 46.6 Å². The highest BCUT2D eigenvalue weighted by molar-refractivity contribution is 7.81. The van der Waals surface area contributed by atoms with Crippen LogP contribution in [0.5, 0.6) is 5.75 Å². The molecule has 2 heterocycles. The van der Waals surface area contributed by atoms with Gasteiger partial charge in [-0.25, -0.2) is 0 Å². The molecule has 1 saturated heterocycles. The van der Waals surface area contributed by atoms with Crippen molar-refractivity contribution in [1.82, 2.24) is 4.57 Å². The first-order valence-electron chi connectivity index (χ1n) is 11.8. The van der Waals surface area contributed by atoms with Gasteiger partial charge in [0.05, 0.1) is 18.5 Å². The number of para-hydroxylation sites is 2. The third-order valence-electron chi connectivity index (χ3n) is 6.38. The number of amides is 2. The predicted molar refractivity (Wildman–Crippen MR) is 150 cm³/mol. The highest BCUT2D eigenvalue weighted by Crippen LogP contribution is 2.31. The zero-order valence-corrected chi connectivity index (χ0v) is 21.5. The van der Waals surface area contributed by atoms with Crippen LogP contribution in [-0.2, 0) is 9.59 Å². The predicted octanol–water partition coefficient (Wildman–Crippen LogP) is 5.85. The number of aryl methyl sites for hydroxylation is 1. The van der Waals surface area contributed by atoms with Crippen LogP contribution in [0.25, 0.3) is 11.8 Å². The zero-order chi connectivity index (χ0) is 26.1. The summed E-state index contributed by atoms with van der Waals surface area (Å²) < 4.78 is 7.36. The fourth-order valence-electron chi connectivity index (χ4n) is 4.56. The molecule has 0 aliphatic carbocycles. The second-order valence-corrected chi connectivity index (χ2v) is 9.02. The van der Waals surface area contributed by atoms with Crippen molar-refractivity contribution in [3.8, 4) is 11.4 Å². The summed E-state index contributed by atoms with van der Waals surface area (Å²) in [5, 5.41) is 0.119. The average Bonchev–Trinajstić information content (AvgIpc) is 3.20. The van der Waals surface area contributed by atoms with Crippen LogP contribution in [0.15, 0.2) is 96.6 Å². The Morgan fingerprint density at radius 3 is 1.73 bits per heavy atom. The number of carbonyl (C=O) groups is 2. The summed E-state index contributed by atoms with van der Waals surface area (Å²) in [6.45, 7) is 3.96. The maximum absolute atomic E-state index is 13.8. The van der Waals surface area contributed by atoms with Gasteiger partial charge in [-0.2, -0.15) is 0 Å². The molecular formula is C30H25N3O3S. The molecule has 0 spiro atoms. The van der Waals surface area contributed by atoms with Crippen LogP contribution < -0.4 is 14.5 Å². The first-order valence-corrected chi connectivity index (χ1v) is 12.2. The number of rotatable bonds is 5. The fraction of sp³-hybridized carbons (Fsp3) is 0.100. The van der Waals surface area contributed by atoms with Gasteiger partial charge >= 0.3 is 0 Å². The number of thiocarbonyl (C=S) groups is 1. The number of nitrogens with zero attached hydrogens (tertiary/aromatic N) is 3. The Balaban J connectivity index is 1.63. The lowest BCUT2D eigenvalue weighted by molar-refractivity contribution is -0.120. The van der Waals surface area contributed by atoms with E-state index < -0.39 is 11.8 Å². The van der Waals surface area contributed by atoms with E-state index in [0.29, 0.717) is 11.4 Å². The van der Waals surface area contributed by atoms with Crippen molar-refractivity contribution in [2.24, 2.45) is 0 Å². The molecular weight excluding hydrogens is 482 g/mol. The quantitative estimate of drug-likeness (QED) is 0.193. The molecule has 37 heavy (non-hydrogen) atoms. The molecule has 0 N–H and O–H groups in total. The molecule has 0 radical (unpaired) electrons. The molecule has 0 saturated carbocycles. The van der Waals surface area contributed by atoms with Gasteiger partial charge in [0.1, 0.15) is 11.3 Å². The molecule has 2 amide bonds. The Bertz CT molecular complexity index is 1460. The molecule has 1 aromatic heterocycles. The first kappa shape index (κ1) is 24.2. The normalized spacial score (nSPS) is 13.8. The summed E-state index contributed by atoms with van der Waals surface area (Å²) in [5.74, 6) is -0.143. The van der Waals surface area contributed by atoms with Crippen LogP contribution in [0.3, 0.4) is 0 Å². The van der Waals surface area contributed by atoms with Gasteiger partial charge in [-0.15, -0.1) is 0 Å². The van der Waals surface area contributed by atoms with Crippen LogP contribution >= 0.6 is 12.2 Å². The smallest absolute Gasteiger partial charge is 0.270 e. The van der Waals surface area contributed by atoms with Crippen molar-refractivity contribution in [3.05, 3.63) is 114 Å². The SMILES string of the molecule is COc1ccc(-n2c(C)cc(C=C3C(=O)N(c4ccccc4)C(=S)N(c4ccccc4)C3=O)c2C)cc1. The lowest BCUT2D eigenvalue weighted by Crippen LogP contribution is -2.56. The summed E-state index contributed by atoms with van der Waals surface area (Å²) in [6, 6.07) is 28.0. The van der Waals surface area contributed by atoms with E-state index in [0.717, 1.165) is 28.4 Å². The molecule has 7 heteroatoms. The molecule has 1 aliphatic rings. The summed E-state index contributed by atoms with van der Waals surface area (Å²) >= 11 is 5.69. The molecule has 0 atom stereocenters. The third-order valence-corrected chi connectivity index (χ3v) is 6.74. The second kappa shape index (κ2) is 9.87. The van der Waals surface area contributed by atoms with Gasteiger partial charge < -0.3 is 9.30 Å². The van der Waals surface area contributed by atoms with Crippen molar-refractivity contribution in [1.29, 1.82) is 0 Å². The second-order valence-electron chi connectivity index (χ2n) is 8.65. The minimum absolute atomic E-state index is 0.0382. The van der Waals surface area contributed by atoms with Crippen LogP contribution in [-0.4, -0.2) is 28.6 Å². The highest BCUT2D eigenvalue weighted by Gasteiger charge is 2.41. The number of carbonyl (C=O) groups excluding carboxylic acids is 2. The first-order chi connectivity index (χ1) is 17.9. The molecule has 6 nitrogen and oxygen atoms in total. The van der Waals surface area contributed by atoms with Crippen molar-refractivity contribution in [2.75, 3.05) is 16.9 Å². The minimum Gasteiger partial charge on any atom is -0.497 e. The van der Waals surface area contributed by atoms with Crippen LogP contribution in [0.1, 0.15) is 17.0 Å². The summed E-state index contributed by atoms with van der Waals surface area (Å²) in [5.41, 5.74) is 4.85. The van der Waals surface area contributed by atoms with Crippen LogP contribution in [0, 0.1) is 13.8 Å². The van der Waals surface area contributed by atoms with Crippen molar-refractivity contribution in [2.45, 2.75) is 13.8 Å². The van der Waals surface area contributed by atoms with E-state index in [2.05, 4.69) is 4.57 Å². The molecule has 5 rings (SSSR count). The topological polar surface area (TPSA) is 54.8 Å². The molecule has 1 fully saturated rings. The third kappa shape index (κ3) is 4.34. The standard InChI is InChI=1S/C30H25N3O3S/c1-20-18-22(21(2)31(20)25-14-16-26(36-3)17-15-25)19-27-28(34)32(23-10-6-4-7-11-23)30(37)33(29(27)35)24-12-8-5-9-13-24/h4-19H,1-3H3. The number of aromatic nitrogens is 1. The highest BCUT2D eigenvalue weighted by atomic mass is 32.1. The number of hydrogen-bond acceptors (Lipinski definition) is 4. The van der Waals surface area contributed by atoms with E-state index in [9.17, 15) is 9.59 Å². The molecule has 184 valence electrons. The van der Waals surface area contributed by atoms with E-state index in [-0.39, 0.29) is 10.7 Å². The summed E-state index contributed by atoms with van der Waals surface area (Å²) in [4.78, 5) is 30.4. The maximum atomic E-state index is 13.8. The molecule has 0 unspecified atom stereocenters. The van der Waals surface area contributed by atoms with E-state index in [4.69, 9.17) is 17.0 Å². The molecule has 1 aliphatic heterocycles. The molecule has 3 aromatic carbocycles. The summed E-state index contributed by atoms with van der Waals surface area (Å²) in [6.07, 6.45) is 1.67. The Kier molecular flexibility index (Phi) is 6.46. The van der Waals surface area contributed by atoms with Crippen LogP contribution in [0.2, 0.25) is 0 Å². The number of hydrogen-bond donors (Lipinski definition) is 0. The van der Waals surface area contributed by atoms with Gasteiger partial charge in [-0.1, -0.05) is 36.4 Å². The van der Waals surface area contributed by atoms with Crippen LogP contribution in [0.4, 0.5) is 11.4 Å².